The molecule has 0 saturated carbocycles. The molecule has 0 aliphatic rings. The number of nitro groups is 1. The van der Waals surface area contributed by atoms with Gasteiger partial charge in [0.1, 0.15) is 12.1 Å². The van der Waals surface area contributed by atoms with Crippen LogP contribution in [0.25, 0.3) is 0 Å². The van der Waals surface area contributed by atoms with Gasteiger partial charge in [0.2, 0.25) is 11.6 Å². The van der Waals surface area contributed by atoms with Gasteiger partial charge in [-0.2, -0.15) is 0 Å². The van der Waals surface area contributed by atoms with Crippen molar-refractivity contribution in [3.05, 3.63) is 69.6 Å². The number of nitrogens with one attached hydrogen (secondary N) is 2. The molecule has 0 bridgehead atoms. The van der Waals surface area contributed by atoms with Crippen LogP contribution in [0.4, 0.5) is 28.8 Å². The number of hydrogen-bond donors (Lipinski definition) is 2. The van der Waals surface area contributed by atoms with Gasteiger partial charge in [0, 0.05) is 11.9 Å². The van der Waals surface area contributed by atoms with Crippen LogP contribution in [0.5, 0.6) is 0 Å². The summed E-state index contributed by atoms with van der Waals surface area (Å²) < 4.78 is 0. The van der Waals surface area contributed by atoms with Gasteiger partial charge in [-0.05, 0) is 36.2 Å². The van der Waals surface area contributed by atoms with Crippen molar-refractivity contribution in [1.82, 2.24) is 15.0 Å². The predicted octanol–water partition coefficient (Wildman–Crippen LogP) is 4.48. The molecule has 0 radical (unpaired) electrons. The van der Waals surface area contributed by atoms with E-state index in [1.165, 1.54) is 18.1 Å². The molecule has 132 valence electrons. The van der Waals surface area contributed by atoms with Crippen LogP contribution < -0.4 is 10.6 Å². The fraction of sp³-hybridized carbons (Fsp3) is 0.118. The molecule has 3 rings (SSSR count). The molecule has 3 aromatic rings. The Hall–Kier alpha value is -3.26. The molecule has 26 heavy (non-hydrogen) atoms. The maximum absolute atomic E-state index is 11.6. The summed E-state index contributed by atoms with van der Waals surface area (Å²) in [6.07, 6.45) is 3.59. The minimum Gasteiger partial charge on any atom is -0.334 e. The number of benzene rings is 1. The van der Waals surface area contributed by atoms with Gasteiger partial charge in [-0.25, -0.2) is 15.0 Å². The van der Waals surface area contributed by atoms with E-state index in [0.29, 0.717) is 16.5 Å². The quantitative estimate of drug-likeness (QED) is 0.486. The third-order valence-corrected chi connectivity index (χ3v) is 3.83. The summed E-state index contributed by atoms with van der Waals surface area (Å²) in [5.74, 6) is 0.507. The summed E-state index contributed by atoms with van der Waals surface area (Å²) in [6.45, 7) is 2.06. The van der Waals surface area contributed by atoms with Crippen LogP contribution in [0.15, 0.2) is 48.9 Å². The number of hydrogen-bond acceptors (Lipinski definition) is 7. The highest BCUT2D eigenvalue weighted by Crippen LogP contribution is 2.32. The molecule has 2 N–H and O–H groups in total. The van der Waals surface area contributed by atoms with Crippen molar-refractivity contribution in [2.75, 3.05) is 10.6 Å². The fourth-order valence-corrected chi connectivity index (χ4v) is 2.38. The molecule has 0 unspecified atom stereocenters. The average Bonchev–Trinajstić information content (AvgIpc) is 2.64. The number of aromatic nitrogens is 3. The van der Waals surface area contributed by atoms with Crippen molar-refractivity contribution in [2.45, 2.75) is 13.3 Å². The minimum atomic E-state index is -0.541. The number of pyridine rings is 1. The largest absolute Gasteiger partial charge is 0.353 e. The summed E-state index contributed by atoms with van der Waals surface area (Å²) in [7, 11) is 0. The van der Waals surface area contributed by atoms with Crippen LogP contribution in [0.3, 0.4) is 0 Å². The van der Waals surface area contributed by atoms with E-state index < -0.39 is 4.92 Å². The van der Waals surface area contributed by atoms with Gasteiger partial charge in [-0.3, -0.25) is 10.1 Å². The number of halogens is 1. The van der Waals surface area contributed by atoms with E-state index in [-0.39, 0.29) is 17.3 Å². The van der Waals surface area contributed by atoms with Crippen molar-refractivity contribution in [1.29, 1.82) is 0 Å². The van der Waals surface area contributed by atoms with E-state index in [4.69, 9.17) is 11.6 Å². The summed E-state index contributed by atoms with van der Waals surface area (Å²) in [5.41, 5.74) is 1.59. The molecule has 1 aromatic carbocycles. The van der Waals surface area contributed by atoms with E-state index in [1.807, 2.05) is 24.3 Å². The third kappa shape index (κ3) is 4.04. The zero-order valence-corrected chi connectivity index (χ0v) is 14.6. The van der Waals surface area contributed by atoms with Crippen molar-refractivity contribution in [3.8, 4) is 0 Å². The first-order valence-corrected chi connectivity index (χ1v) is 8.18. The van der Waals surface area contributed by atoms with E-state index >= 15 is 0 Å². The first-order valence-electron chi connectivity index (χ1n) is 7.80. The molecular formula is C17H15ClN6O2. The Morgan fingerprint density at radius 1 is 1.04 bits per heavy atom. The number of aryl methyl sites for hydroxylation is 1. The molecule has 2 heterocycles. The SMILES string of the molecule is CCc1ccc(Nc2ncnc(Nc3ccc(Cl)cn3)c2[N+](=O)[O-])cc1. The van der Waals surface area contributed by atoms with Crippen LogP contribution in [0.1, 0.15) is 12.5 Å². The third-order valence-electron chi connectivity index (χ3n) is 3.60. The fourth-order valence-electron chi connectivity index (χ4n) is 2.27. The van der Waals surface area contributed by atoms with Crippen LogP contribution in [0, 0.1) is 10.1 Å². The lowest BCUT2D eigenvalue weighted by Crippen LogP contribution is -2.06. The predicted molar refractivity (Wildman–Crippen MR) is 100 cm³/mol. The maximum Gasteiger partial charge on any atom is 0.353 e. The van der Waals surface area contributed by atoms with Crippen molar-refractivity contribution in [3.63, 3.8) is 0 Å². The van der Waals surface area contributed by atoms with E-state index in [2.05, 4.69) is 32.5 Å². The lowest BCUT2D eigenvalue weighted by Gasteiger charge is -2.10. The van der Waals surface area contributed by atoms with Gasteiger partial charge in [0.05, 0.1) is 9.95 Å². The highest BCUT2D eigenvalue weighted by molar-refractivity contribution is 6.30. The van der Waals surface area contributed by atoms with Gasteiger partial charge in [0.25, 0.3) is 0 Å². The highest BCUT2D eigenvalue weighted by Gasteiger charge is 2.23. The average molecular weight is 371 g/mol. The first-order chi connectivity index (χ1) is 12.6. The summed E-state index contributed by atoms with van der Waals surface area (Å²) in [6, 6.07) is 10.8. The summed E-state index contributed by atoms with van der Waals surface area (Å²) >= 11 is 5.80. The normalized spacial score (nSPS) is 10.4. The van der Waals surface area contributed by atoms with Gasteiger partial charge >= 0.3 is 5.69 Å². The van der Waals surface area contributed by atoms with Gasteiger partial charge in [0.15, 0.2) is 0 Å². The second kappa shape index (κ2) is 7.75. The Labute approximate surface area is 154 Å². The van der Waals surface area contributed by atoms with Crippen LogP contribution in [-0.2, 0) is 6.42 Å². The Morgan fingerprint density at radius 2 is 1.73 bits per heavy atom. The van der Waals surface area contributed by atoms with Gasteiger partial charge in [-0.1, -0.05) is 30.7 Å². The summed E-state index contributed by atoms with van der Waals surface area (Å²) in [5, 5.41) is 17.8. The molecule has 8 nitrogen and oxygen atoms in total. The molecule has 9 heteroatoms. The first kappa shape index (κ1) is 17.6. The Kier molecular flexibility index (Phi) is 5.23. The van der Waals surface area contributed by atoms with Crippen LogP contribution in [-0.4, -0.2) is 19.9 Å². The minimum absolute atomic E-state index is 0.0347. The lowest BCUT2D eigenvalue weighted by atomic mass is 10.1. The zero-order chi connectivity index (χ0) is 18.5. The zero-order valence-electron chi connectivity index (χ0n) is 13.8. The molecular weight excluding hydrogens is 356 g/mol. The van der Waals surface area contributed by atoms with Crippen LogP contribution >= 0.6 is 11.6 Å². The molecule has 0 spiro atoms. The van der Waals surface area contributed by atoms with E-state index in [0.717, 1.165) is 6.42 Å². The number of nitrogens with zero attached hydrogens (tertiary/aromatic N) is 4. The van der Waals surface area contributed by atoms with E-state index in [1.54, 1.807) is 12.1 Å². The Morgan fingerprint density at radius 3 is 2.31 bits per heavy atom. The highest BCUT2D eigenvalue weighted by atomic mass is 35.5. The standard InChI is InChI=1S/C17H15ClN6O2/c1-2-11-3-6-13(7-4-11)22-16-15(24(25)26)17(21-10-20-16)23-14-8-5-12(18)9-19-14/h3-10H,2H2,1H3,(H2,19,20,21,22,23). The molecule has 0 atom stereocenters. The smallest absolute Gasteiger partial charge is 0.334 e. The van der Waals surface area contributed by atoms with Crippen molar-refractivity contribution >= 4 is 40.4 Å². The summed E-state index contributed by atoms with van der Waals surface area (Å²) in [4.78, 5) is 23.1. The Bertz CT molecular complexity index is 916. The maximum atomic E-state index is 11.6. The topological polar surface area (TPSA) is 106 Å². The van der Waals surface area contributed by atoms with Gasteiger partial charge in [-0.15, -0.1) is 0 Å². The molecule has 0 amide bonds. The van der Waals surface area contributed by atoms with Crippen molar-refractivity contribution in [2.24, 2.45) is 0 Å². The molecule has 0 aliphatic heterocycles. The van der Waals surface area contributed by atoms with E-state index in [9.17, 15) is 10.1 Å². The van der Waals surface area contributed by atoms with Crippen molar-refractivity contribution < 1.29 is 4.92 Å². The number of rotatable bonds is 6. The van der Waals surface area contributed by atoms with Gasteiger partial charge < -0.3 is 10.6 Å². The second-order valence-electron chi connectivity index (χ2n) is 5.34. The molecule has 0 fully saturated rings. The molecule has 0 aliphatic carbocycles. The Balaban J connectivity index is 1.92. The monoisotopic (exact) mass is 370 g/mol. The number of anilines is 4. The second-order valence-corrected chi connectivity index (χ2v) is 5.78. The molecule has 0 saturated heterocycles. The molecule has 2 aromatic heterocycles. The van der Waals surface area contributed by atoms with Crippen LogP contribution in [0.2, 0.25) is 5.02 Å². The lowest BCUT2D eigenvalue weighted by molar-refractivity contribution is -0.383.